The maximum Gasteiger partial charge on any atom is 0.416 e. The van der Waals surface area contributed by atoms with Crippen molar-refractivity contribution in [3.05, 3.63) is 63.6 Å². The second-order valence-corrected chi connectivity index (χ2v) is 12.3. The number of hydrogen-bond donors (Lipinski definition) is 1. The van der Waals surface area contributed by atoms with Crippen LogP contribution in [0.1, 0.15) is 50.2 Å². The largest absolute Gasteiger partial charge is 0.416 e. The third kappa shape index (κ3) is 8.25. The molecule has 0 saturated heterocycles. The number of nitrogens with zero attached hydrogens (tertiary/aromatic N) is 2. The topological polar surface area (TPSA) is 86.8 Å². The molecule has 1 atom stereocenters. The van der Waals surface area contributed by atoms with Crippen LogP contribution in [0.3, 0.4) is 0 Å². The number of benzene rings is 2. The van der Waals surface area contributed by atoms with Gasteiger partial charge in [0.2, 0.25) is 21.8 Å². The molecule has 0 aromatic heterocycles. The van der Waals surface area contributed by atoms with E-state index >= 15 is 0 Å². The van der Waals surface area contributed by atoms with Gasteiger partial charge in [0.25, 0.3) is 0 Å². The minimum Gasteiger partial charge on any atom is -0.352 e. The highest BCUT2D eigenvalue weighted by molar-refractivity contribution is 7.92. The summed E-state index contributed by atoms with van der Waals surface area (Å²) in [5.41, 5.74) is -1.06. The van der Waals surface area contributed by atoms with Crippen molar-refractivity contribution in [2.24, 2.45) is 0 Å². The summed E-state index contributed by atoms with van der Waals surface area (Å²) in [6.45, 7) is 0.427. The molecule has 214 valence electrons. The second kappa shape index (κ2) is 12.8. The summed E-state index contributed by atoms with van der Waals surface area (Å²) in [7, 11) is -4.20. The van der Waals surface area contributed by atoms with Crippen LogP contribution in [-0.4, -0.2) is 50.0 Å². The fourth-order valence-electron chi connectivity index (χ4n) is 4.46. The highest BCUT2D eigenvalue weighted by Crippen LogP contribution is 2.32. The molecule has 3 rings (SSSR count). The average molecular weight is 609 g/mol. The minimum atomic E-state index is -4.72. The monoisotopic (exact) mass is 607 g/mol. The molecule has 39 heavy (non-hydrogen) atoms. The highest BCUT2D eigenvalue weighted by atomic mass is 35.5. The molecular formula is C26H30Cl2F3N3O4S. The number of carbonyl (C=O) groups is 2. The van der Waals surface area contributed by atoms with Gasteiger partial charge < -0.3 is 10.2 Å². The number of hydrogen-bond acceptors (Lipinski definition) is 4. The van der Waals surface area contributed by atoms with E-state index in [0.29, 0.717) is 15.9 Å². The summed E-state index contributed by atoms with van der Waals surface area (Å²) in [6, 6.07) is 7.30. The first-order valence-electron chi connectivity index (χ1n) is 12.4. The van der Waals surface area contributed by atoms with Gasteiger partial charge in [0.15, 0.2) is 0 Å². The van der Waals surface area contributed by atoms with E-state index in [1.54, 1.807) is 18.2 Å². The van der Waals surface area contributed by atoms with Crippen LogP contribution < -0.4 is 9.62 Å². The van der Waals surface area contributed by atoms with Gasteiger partial charge in [-0.15, -0.1) is 0 Å². The summed E-state index contributed by atoms with van der Waals surface area (Å²) in [6.07, 6.45) is 0.695. The van der Waals surface area contributed by atoms with Gasteiger partial charge in [-0.2, -0.15) is 13.2 Å². The fraction of sp³-hybridized carbons (Fsp3) is 0.462. The van der Waals surface area contributed by atoms with Crippen molar-refractivity contribution in [2.75, 3.05) is 17.1 Å². The maximum atomic E-state index is 13.7. The molecule has 1 aliphatic carbocycles. The number of sulfonamides is 1. The lowest BCUT2D eigenvalue weighted by Gasteiger charge is -2.33. The minimum absolute atomic E-state index is 0.0489. The number of anilines is 1. The summed E-state index contributed by atoms with van der Waals surface area (Å²) < 4.78 is 65.8. The average Bonchev–Trinajstić information content (AvgIpc) is 2.86. The smallest absolute Gasteiger partial charge is 0.352 e. The lowest BCUT2D eigenvalue weighted by atomic mass is 9.95. The predicted molar refractivity (Wildman–Crippen MR) is 145 cm³/mol. The van der Waals surface area contributed by atoms with Crippen molar-refractivity contribution >= 4 is 50.7 Å². The summed E-state index contributed by atoms with van der Waals surface area (Å²) in [5.74, 6) is -1.26. The quantitative estimate of drug-likeness (QED) is 0.399. The molecule has 1 fully saturated rings. The Labute approximate surface area is 236 Å². The fourth-order valence-corrected chi connectivity index (χ4v) is 5.81. The molecule has 0 heterocycles. The predicted octanol–water partition coefficient (Wildman–Crippen LogP) is 5.64. The molecular weight excluding hydrogens is 578 g/mol. The second-order valence-electron chi connectivity index (χ2n) is 9.56. The van der Waals surface area contributed by atoms with E-state index in [-0.39, 0.29) is 28.3 Å². The molecule has 0 bridgehead atoms. The van der Waals surface area contributed by atoms with E-state index in [9.17, 15) is 31.2 Å². The van der Waals surface area contributed by atoms with Crippen molar-refractivity contribution < 1.29 is 31.2 Å². The first-order valence-corrected chi connectivity index (χ1v) is 15.0. The van der Waals surface area contributed by atoms with Crippen LogP contribution in [-0.2, 0) is 32.3 Å². The van der Waals surface area contributed by atoms with Gasteiger partial charge in [0.05, 0.1) is 17.5 Å². The van der Waals surface area contributed by atoms with E-state index in [4.69, 9.17) is 23.2 Å². The molecule has 0 radical (unpaired) electrons. The zero-order valence-corrected chi connectivity index (χ0v) is 23.8. The van der Waals surface area contributed by atoms with Gasteiger partial charge in [-0.05, 0) is 50.1 Å². The Morgan fingerprint density at radius 3 is 2.21 bits per heavy atom. The van der Waals surface area contributed by atoms with Crippen LogP contribution in [0.5, 0.6) is 0 Å². The van der Waals surface area contributed by atoms with Gasteiger partial charge in [-0.25, -0.2) is 8.42 Å². The van der Waals surface area contributed by atoms with E-state index < -0.39 is 46.2 Å². The normalized spacial score (nSPS) is 15.5. The van der Waals surface area contributed by atoms with E-state index in [1.165, 1.54) is 6.92 Å². The molecule has 1 N–H and O–H groups in total. The number of rotatable bonds is 9. The summed E-state index contributed by atoms with van der Waals surface area (Å²) in [4.78, 5) is 28.0. The van der Waals surface area contributed by atoms with E-state index in [1.807, 2.05) is 0 Å². The molecule has 0 unspecified atom stereocenters. The Balaban J connectivity index is 1.95. The van der Waals surface area contributed by atoms with Crippen LogP contribution in [0.15, 0.2) is 42.5 Å². The molecule has 1 saturated carbocycles. The summed E-state index contributed by atoms with van der Waals surface area (Å²) >= 11 is 12.6. The van der Waals surface area contributed by atoms with Crippen molar-refractivity contribution in [1.29, 1.82) is 0 Å². The number of amides is 2. The Hall–Kier alpha value is -2.50. The van der Waals surface area contributed by atoms with Gasteiger partial charge in [-0.3, -0.25) is 13.9 Å². The SMILES string of the molecule is C[C@@H](C(=O)NC1CCCCC1)N(Cc1c(Cl)cccc1Cl)C(=O)CN(c1cccc(C(F)(F)F)c1)S(C)(=O)=O. The van der Waals surface area contributed by atoms with Crippen LogP contribution >= 0.6 is 23.2 Å². The van der Waals surface area contributed by atoms with Crippen molar-refractivity contribution in [1.82, 2.24) is 10.2 Å². The molecule has 1 aliphatic rings. The maximum absolute atomic E-state index is 13.7. The Bertz CT molecular complexity index is 1280. The van der Waals surface area contributed by atoms with Crippen LogP contribution in [0, 0.1) is 0 Å². The van der Waals surface area contributed by atoms with E-state index in [0.717, 1.165) is 61.5 Å². The first-order chi connectivity index (χ1) is 18.2. The molecule has 13 heteroatoms. The number of nitrogens with one attached hydrogen (secondary N) is 1. The van der Waals surface area contributed by atoms with Gasteiger partial charge >= 0.3 is 6.18 Å². The zero-order valence-electron chi connectivity index (χ0n) is 21.5. The first kappa shape index (κ1) is 31.0. The van der Waals surface area contributed by atoms with Crippen molar-refractivity contribution in [3.63, 3.8) is 0 Å². The van der Waals surface area contributed by atoms with E-state index in [2.05, 4.69) is 5.32 Å². The highest BCUT2D eigenvalue weighted by Gasteiger charge is 2.34. The molecule has 2 amide bonds. The summed E-state index contributed by atoms with van der Waals surface area (Å²) in [5, 5.41) is 3.42. The van der Waals surface area contributed by atoms with Crippen molar-refractivity contribution in [3.8, 4) is 0 Å². The number of carbonyl (C=O) groups excluding carboxylic acids is 2. The Morgan fingerprint density at radius 1 is 1.05 bits per heavy atom. The molecule has 2 aromatic rings. The number of halogens is 5. The molecule has 0 aliphatic heterocycles. The van der Waals surface area contributed by atoms with Gasteiger partial charge in [0, 0.05) is 28.2 Å². The Morgan fingerprint density at radius 2 is 1.64 bits per heavy atom. The van der Waals surface area contributed by atoms with Crippen LogP contribution in [0.25, 0.3) is 0 Å². The Kier molecular flexibility index (Phi) is 10.2. The van der Waals surface area contributed by atoms with Crippen LogP contribution in [0.2, 0.25) is 10.0 Å². The molecule has 0 spiro atoms. The number of alkyl halides is 3. The lowest BCUT2D eigenvalue weighted by Crippen LogP contribution is -2.53. The lowest BCUT2D eigenvalue weighted by molar-refractivity contribution is -0.139. The third-order valence-corrected chi connectivity index (χ3v) is 8.50. The van der Waals surface area contributed by atoms with Crippen molar-refractivity contribution in [2.45, 2.75) is 63.8 Å². The third-order valence-electron chi connectivity index (χ3n) is 6.65. The zero-order chi connectivity index (χ0) is 29.0. The van der Waals surface area contributed by atoms with Gasteiger partial charge in [-0.1, -0.05) is 54.6 Å². The van der Waals surface area contributed by atoms with Crippen LogP contribution in [0.4, 0.5) is 18.9 Å². The molecule has 2 aromatic carbocycles. The molecule has 7 nitrogen and oxygen atoms in total. The van der Waals surface area contributed by atoms with Gasteiger partial charge in [0.1, 0.15) is 12.6 Å². The standard InChI is InChI=1S/C26H30Cl2F3N3O4S/c1-17(25(36)32-19-9-4-3-5-10-19)33(15-21-22(27)12-7-13-23(21)28)24(35)16-34(39(2,37)38)20-11-6-8-18(14-20)26(29,30)31/h6-8,11-14,17,19H,3-5,9-10,15-16H2,1-2H3,(H,32,36)/t17-/m0/s1.